The largest absolute Gasteiger partial charge is 0.383 e. The number of rotatable bonds is 4. The summed E-state index contributed by atoms with van der Waals surface area (Å²) in [6, 6.07) is 8.33. The van der Waals surface area contributed by atoms with E-state index in [1.807, 2.05) is 0 Å². The molecule has 0 bridgehead atoms. The van der Waals surface area contributed by atoms with Crippen LogP contribution in [-0.2, 0) is 15.4 Å². The third-order valence-electron chi connectivity index (χ3n) is 5.52. The highest BCUT2D eigenvalue weighted by atomic mass is 32.2. The SMILES string of the molecule is CS(=O)(=O)c1cccc(-c2cc3c(-c4cnc(C5(O)CCC5)s4)c(F)cnc3[nH]2)c1. The Labute approximate surface area is 176 Å². The molecule has 3 aromatic heterocycles. The van der Waals surface area contributed by atoms with Crippen LogP contribution in [0, 0.1) is 5.82 Å². The van der Waals surface area contributed by atoms with Crippen molar-refractivity contribution in [2.75, 3.05) is 6.26 Å². The summed E-state index contributed by atoms with van der Waals surface area (Å²) in [5.41, 5.74) is 1.26. The fraction of sp³-hybridized carbons (Fsp3) is 0.238. The number of aromatic amines is 1. The summed E-state index contributed by atoms with van der Waals surface area (Å²) in [4.78, 5) is 12.5. The van der Waals surface area contributed by atoms with Crippen molar-refractivity contribution < 1.29 is 17.9 Å². The summed E-state index contributed by atoms with van der Waals surface area (Å²) in [6.07, 6.45) is 6.18. The van der Waals surface area contributed by atoms with E-state index in [2.05, 4.69) is 15.0 Å². The van der Waals surface area contributed by atoms with Gasteiger partial charge in [0.1, 0.15) is 16.3 Å². The minimum Gasteiger partial charge on any atom is -0.383 e. The molecule has 5 rings (SSSR count). The molecule has 0 atom stereocenters. The molecular weight excluding hydrogens is 425 g/mol. The number of aromatic nitrogens is 3. The molecule has 0 spiro atoms. The second-order valence-corrected chi connectivity index (χ2v) is 10.7. The van der Waals surface area contributed by atoms with Crippen LogP contribution in [0.3, 0.4) is 0 Å². The number of H-pyrrole nitrogens is 1. The van der Waals surface area contributed by atoms with E-state index in [0.717, 1.165) is 18.9 Å². The maximum Gasteiger partial charge on any atom is 0.175 e. The van der Waals surface area contributed by atoms with Gasteiger partial charge in [-0.05, 0) is 43.0 Å². The topological polar surface area (TPSA) is 95.9 Å². The first-order valence-corrected chi connectivity index (χ1v) is 12.1. The molecule has 4 aromatic rings. The molecule has 1 aliphatic carbocycles. The molecule has 1 aliphatic rings. The van der Waals surface area contributed by atoms with Crippen molar-refractivity contribution in [2.24, 2.45) is 0 Å². The summed E-state index contributed by atoms with van der Waals surface area (Å²) < 4.78 is 38.6. The molecule has 1 aromatic carbocycles. The van der Waals surface area contributed by atoms with Crippen LogP contribution in [0.15, 0.2) is 47.6 Å². The monoisotopic (exact) mass is 443 g/mol. The second kappa shape index (κ2) is 6.69. The van der Waals surface area contributed by atoms with E-state index in [4.69, 9.17) is 0 Å². The Hall–Kier alpha value is -2.62. The van der Waals surface area contributed by atoms with Crippen molar-refractivity contribution in [3.05, 3.63) is 53.6 Å². The van der Waals surface area contributed by atoms with Gasteiger partial charge < -0.3 is 10.1 Å². The minimum atomic E-state index is -3.35. The molecule has 30 heavy (non-hydrogen) atoms. The van der Waals surface area contributed by atoms with Crippen molar-refractivity contribution in [3.63, 3.8) is 0 Å². The highest BCUT2D eigenvalue weighted by molar-refractivity contribution is 7.90. The summed E-state index contributed by atoms with van der Waals surface area (Å²) in [7, 11) is -3.35. The first-order chi connectivity index (χ1) is 14.2. The highest BCUT2D eigenvalue weighted by Gasteiger charge is 2.39. The van der Waals surface area contributed by atoms with E-state index in [1.54, 1.807) is 30.5 Å². The number of fused-ring (bicyclic) bond motifs is 1. The Bertz CT molecular complexity index is 1390. The summed E-state index contributed by atoms with van der Waals surface area (Å²) in [5.74, 6) is -0.478. The molecule has 2 N–H and O–H groups in total. The fourth-order valence-corrected chi connectivity index (χ4v) is 5.47. The molecule has 0 radical (unpaired) electrons. The number of pyridine rings is 1. The lowest BCUT2D eigenvalue weighted by Crippen LogP contribution is -2.33. The predicted molar refractivity (Wildman–Crippen MR) is 113 cm³/mol. The van der Waals surface area contributed by atoms with Gasteiger partial charge in [0.25, 0.3) is 0 Å². The maximum absolute atomic E-state index is 14.8. The van der Waals surface area contributed by atoms with Crippen molar-refractivity contribution in [1.82, 2.24) is 15.0 Å². The first-order valence-electron chi connectivity index (χ1n) is 9.41. The summed E-state index contributed by atoms with van der Waals surface area (Å²) in [6.45, 7) is 0. The number of benzene rings is 1. The Morgan fingerprint density at radius 3 is 2.70 bits per heavy atom. The second-order valence-electron chi connectivity index (χ2n) is 7.64. The minimum absolute atomic E-state index is 0.207. The van der Waals surface area contributed by atoms with E-state index in [0.29, 0.717) is 50.6 Å². The molecule has 0 saturated heterocycles. The van der Waals surface area contributed by atoms with Gasteiger partial charge in [0.05, 0.1) is 16.0 Å². The molecule has 0 unspecified atom stereocenters. The predicted octanol–water partition coefficient (Wildman–Crippen LogP) is 4.27. The number of halogens is 1. The Kier molecular flexibility index (Phi) is 4.32. The molecule has 1 saturated carbocycles. The van der Waals surface area contributed by atoms with Crippen LogP contribution in [0.2, 0.25) is 0 Å². The highest BCUT2D eigenvalue weighted by Crippen LogP contribution is 2.45. The number of sulfone groups is 1. The normalized spacial score (nSPS) is 16.0. The quantitative estimate of drug-likeness (QED) is 0.491. The first kappa shape index (κ1) is 19.3. The fourth-order valence-electron chi connectivity index (χ4n) is 3.68. The van der Waals surface area contributed by atoms with Gasteiger partial charge in [-0.3, -0.25) is 0 Å². The van der Waals surface area contributed by atoms with Crippen molar-refractivity contribution in [1.29, 1.82) is 0 Å². The zero-order valence-electron chi connectivity index (χ0n) is 16.0. The van der Waals surface area contributed by atoms with Gasteiger partial charge in [-0.25, -0.2) is 22.8 Å². The number of hydrogen-bond acceptors (Lipinski definition) is 6. The lowest BCUT2D eigenvalue weighted by Gasteiger charge is -2.34. The Morgan fingerprint density at radius 1 is 1.20 bits per heavy atom. The van der Waals surface area contributed by atoms with Crippen LogP contribution in [-0.4, -0.2) is 34.7 Å². The molecule has 1 fully saturated rings. The van der Waals surface area contributed by atoms with Crippen LogP contribution in [0.1, 0.15) is 24.3 Å². The van der Waals surface area contributed by atoms with E-state index in [9.17, 15) is 17.9 Å². The smallest absolute Gasteiger partial charge is 0.175 e. The Balaban J connectivity index is 1.63. The molecule has 0 amide bonds. The number of hydrogen-bond donors (Lipinski definition) is 2. The number of aliphatic hydroxyl groups is 1. The molecule has 154 valence electrons. The van der Waals surface area contributed by atoms with Crippen LogP contribution in [0.4, 0.5) is 4.39 Å². The van der Waals surface area contributed by atoms with Gasteiger partial charge in [0.2, 0.25) is 0 Å². The van der Waals surface area contributed by atoms with Gasteiger partial charge >= 0.3 is 0 Å². The van der Waals surface area contributed by atoms with E-state index in [-0.39, 0.29) is 4.90 Å². The van der Waals surface area contributed by atoms with Crippen LogP contribution in [0.5, 0.6) is 0 Å². The van der Waals surface area contributed by atoms with E-state index < -0.39 is 21.3 Å². The number of nitrogens with one attached hydrogen (secondary N) is 1. The molecular formula is C21H18FN3O3S2. The van der Waals surface area contributed by atoms with Crippen LogP contribution < -0.4 is 0 Å². The zero-order valence-corrected chi connectivity index (χ0v) is 17.6. The van der Waals surface area contributed by atoms with Gasteiger partial charge in [-0.15, -0.1) is 11.3 Å². The number of thiazole rings is 1. The van der Waals surface area contributed by atoms with Crippen molar-refractivity contribution in [3.8, 4) is 21.7 Å². The van der Waals surface area contributed by atoms with Crippen LogP contribution in [0.25, 0.3) is 32.7 Å². The third-order valence-corrected chi connectivity index (χ3v) is 7.83. The average molecular weight is 444 g/mol. The lowest BCUT2D eigenvalue weighted by molar-refractivity contribution is -0.0389. The molecule has 0 aliphatic heterocycles. The summed E-state index contributed by atoms with van der Waals surface area (Å²) >= 11 is 1.29. The van der Waals surface area contributed by atoms with Gasteiger partial charge in [0.15, 0.2) is 15.7 Å². The number of nitrogens with zero attached hydrogens (tertiary/aromatic N) is 2. The zero-order chi connectivity index (χ0) is 21.1. The standard InChI is InChI=1S/C21H18FN3O3S2/c1-30(27,28)13-5-2-4-12(8-13)16-9-14-18(15(22)10-23-19(14)25-16)17-11-24-20(29-17)21(26)6-3-7-21/h2,4-5,8-11,26H,3,6-7H2,1H3,(H,23,25). The molecule has 9 heteroatoms. The molecule has 3 heterocycles. The average Bonchev–Trinajstić information content (AvgIpc) is 3.33. The van der Waals surface area contributed by atoms with E-state index >= 15 is 0 Å². The van der Waals surface area contributed by atoms with Crippen molar-refractivity contribution >= 4 is 32.2 Å². The van der Waals surface area contributed by atoms with Crippen molar-refractivity contribution in [2.45, 2.75) is 29.8 Å². The van der Waals surface area contributed by atoms with Crippen LogP contribution >= 0.6 is 11.3 Å². The van der Waals surface area contributed by atoms with E-state index in [1.165, 1.54) is 17.4 Å². The Morgan fingerprint density at radius 2 is 2.00 bits per heavy atom. The van der Waals surface area contributed by atoms with Gasteiger partial charge in [0, 0.05) is 29.1 Å². The van der Waals surface area contributed by atoms with Gasteiger partial charge in [-0.1, -0.05) is 12.1 Å². The summed E-state index contributed by atoms with van der Waals surface area (Å²) in [5, 5.41) is 11.7. The maximum atomic E-state index is 14.8. The van der Waals surface area contributed by atoms with Gasteiger partial charge in [-0.2, -0.15) is 0 Å². The third kappa shape index (κ3) is 3.13. The lowest BCUT2D eigenvalue weighted by atomic mass is 9.81. The molecule has 6 nitrogen and oxygen atoms in total.